The van der Waals surface area contributed by atoms with E-state index in [9.17, 15) is 18.3 Å². The third-order valence-corrected chi connectivity index (χ3v) is 10.7. The molecule has 0 saturated carbocycles. The van der Waals surface area contributed by atoms with Gasteiger partial charge in [-0.15, -0.1) is 0 Å². The molecule has 1 N–H and O–H groups in total. The Balaban J connectivity index is 0.000000663. The molecule has 2 saturated heterocycles. The van der Waals surface area contributed by atoms with Crippen LogP contribution >= 0.6 is 40.1 Å². The van der Waals surface area contributed by atoms with Gasteiger partial charge in [-0.1, -0.05) is 13.8 Å². The summed E-state index contributed by atoms with van der Waals surface area (Å²) in [7, 11) is -11.8. The van der Waals surface area contributed by atoms with Gasteiger partial charge in [-0.05, 0) is 19.8 Å². The molecule has 0 aliphatic carbocycles. The second-order valence-corrected chi connectivity index (χ2v) is 18.0. The van der Waals surface area contributed by atoms with E-state index in [1.54, 1.807) is 6.92 Å². The normalized spacial score (nSPS) is 35.9. The smallest absolute Gasteiger partial charge is 0.327 e. The van der Waals surface area contributed by atoms with Crippen LogP contribution in [0.15, 0.2) is 0 Å². The zero-order valence-corrected chi connectivity index (χ0v) is 27.5. The number of rotatable bonds is 11. The van der Waals surface area contributed by atoms with Crippen molar-refractivity contribution in [1.29, 1.82) is 0 Å². The molecular formula is C19H45O12P5. The Hall–Kier alpha value is 1.03. The van der Waals surface area contributed by atoms with Gasteiger partial charge in [-0.25, -0.2) is 0 Å². The Labute approximate surface area is 218 Å². The van der Waals surface area contributed by atoms with E-state index in [4.69, 9.17) is 36.8 Å². The van der Waals surface area contributed by atoms with Gasteiger partial charge in [-0.3, -0.25) is 18.3 Å². The lowest BCUT2D eigenvalue weighted by Crippen LogP contribution is -2.38. The van der Waals surface area contributed by atoms with E-state index in [-0.39, 0.29) is 49.5 Å². The van der Waals surface area contributed by atoms with Crippen molar-refractivity contribution in [2.45, 2.75) is 33.6 Å². The largest absolute Gasteiger partial charge is 0.386 e. The molecule has 2 heterocycles. The molecule has 2 rings (SSSR count). The van der Waals surface area contributed by atoms with Crippen molar-refractivity contribution in [3.8, 4) is 0 Å². The van der Waals surface area contributed by atoms with Gasteiger partial charge < -0.3 is 36.8 Å². The molecule has 2 aliphatic heterocycles. The van der Waals surface area contributed by atoms with Gasteiger partial charge in [0.05, 0.1) is 46.2 Å². The fraction of sp³-hybridized carbons (Fsp3) is 1.00. The third kappa shape index (κ3) is 12.9. The summed E-state index contributed by atoms with van der Waals surface area (Å²) in [6.45, 7) is 13.1. The summed E-state index contributed by atoms with van der Waals surface area (Å²) >= 11 is 0. The highest BCUT2D eigenvalue weighted by Crippen LogP contribution is 2.54. The van der Waals surface area contributed by atoms with Gasteiger partial charge >= 0.3 is 22.8 Å². The Morgan fingerprint density at radius 2 is 1.14 bits per heavy atom. The summed E-state index contributed by atoms with van der Waals surface area (Å²) in [6, 6.07) is 0. The Morgan fingerprint density at radius 1 is 0.778 bits per heavy atom. The number of hydrogen-bond acceptors (Lipinski definition) is 12. The Morgan fingerprint density at radius 3 is 1.44 bits per heavy atom. The molecule has 36 heavy (non-hydrogen) atoms. The van der Waals surface area contributed by atoms with Gasteiger partial charge in [0.15, 0.2) is 0 Å². The lowest BCUT2D eigenvalue weighted by atomic mass is 9.88. The minimum absolute atomic E-state index is 0. The predicted molar refractivity (Wildman–Crippen MR) is 145 cm³/mol. The molecule has 218 valence electrons. The van der Waals surface area contributed by atoms with E-state index in [1.807, 2.05) is 13.8 Å². The molecule has 0 aromatic heterocycles. The maximum atomic E-state index is 11.9. The number of aliphatic hydroxyl groups is 1. The molecule has 2 aliphatic rings. The van der Waals surface area contributed by atoms with E-state index in [0.29, 0.717) is 13.0 Å². The van der Waals surface area contributed by atoms with Crippen LogP contribution in [0.25, 0.3) is 0 Å². The van der Waals surface area contributed by atoms with Crippen molar-refractivity contribution in [3.05, 3.63) is 0 Å². The summed E-state index contributed by atoms with van der Waals surface area (Å²) < 4.78 is 83.0. The highest BCUT2D eigenvalue weighted by Gasteiger charge is 2.41. The zero-order chi connectivity index (χ0) is 27.0. The highest BCUT2D eigenvalue weighted by atomic mass is 31.2. The first-order valence-corrected chi connectivity index (χ1v) is 19.6. The fourth-order valence-corrected chi connectivity index (χ4v) is 6.66. The molecule has 0 spiro atoms. The topological polar surface area (TPSA) is 153 Å². The van der Waals surface area contributed by atoms with Crippen molar-refractivity contribution in [1.82, 2.24) is 0 Å². The molecule has 0 aromatic rings. The van der Waals surface area contributed by atoms with E-state index < -0.39 is 47.3 Å². The summed E-state index contributed by atoms with van der Waals surface area (Å²) in [5.74, 6) is 0. The van der Waals surface area contributed by atoms with Gasteiger partial charge in [0.1, 0.15) is 6.35 Å². The lowest BCUT2D eigenvalue weighted by molar-refractivity contribution is -0.0174. The zero-order valence-electron chi connectivity index (χ0n) is 22.5. The molecule has 3 unspecified atom stereocenters. The van der Waals surface area contributed by atoms with Crippen molar-refractivity contribution >= 4 is 40.1 Å². The standard InChI is InChI=1S/C10H22O6P2.C9H20O6P2.H3P/c1-5-10(7-14-17(3,11)13-6-2)8-15-18(4,12)16-9-10;1-4-9(5-13-16(2,11)8-10)6-14-17(3,12)15-7-9;/h5-9H2,1-4H3;10H,4-8H2,1-3H3;1H3. The number of aliphatic hydroxyl groups excluding tert-OH is 1. The van der Waals surface area contributed by atoms with Crippen molar-refractivity contribution in [2.24, 2.45) is 10.8 Å². The van der Waals surface area contributed by atoms with Crippen molar-refractivity contribution in [3.63, 3.8) is 0 Å². The van der Waals surface area contributed by atoms with Crippen LogP contribution in [0, 0.1) is 10.8 Å². The molecule has 12 nitrogen and oxygen atoms in total. The first kappa shape index (κ1) is 37.0. The van der Waals surface area contributed by atoms with E-state index >= 15 is 0 Å². The average Bonchev–Trinajstić information content (AvgIpc) is 2.79. The van der Waals surface area contributed by atoms with Crippen LogP contribution in [0.5, 0.6) is 0 Å². The van der Waals surface area contributed by atoms with E-state index in [1.165, 1.54) is 26.7 Å². The molecule has 0 bridgehead atoms. The Kier molecular flexibility index (Phi) is 15.6. The second-order valence-electron chi connectivity index (χ2n) is 9.24. The first-order chi connectivity index (χ1) is 16.0. The highest BCUT2D eigenvalue weighted by molar-refractivity contribution is 7.57. The van der Waals surface area contributed by atoms with Crippen LogP contribution in [0.3, 0.4) is 0 Å². The lowest BCUT2D eigenvalue weighted by Gasteiger charge is -2.38. The molecule has 3 atom stereocenters. The first-order valence-electron chi connectivity index (χ1n) is 11.4. The summed E-state index contributed by atoms with van der Waals surface area (Å²) in [5.41, 5.74) is -0.850. The van der Waals surface area contributed by atoms with Crippen molar-refractivity contribution in [2.75, 3.05) is 79.3 Å². The Bertz CT molecular complexity index is 842. The summed E-state index contributed by atoms with van der Waals surface area (Å²) in [5, 5.41) is 8.87. The van der Waals surface area contributed by atoms with E-state index in [2.05, 4.69) is 0 Å². The average molecular weight is 620 g/mol. The molecule has 17 heteroatoms. The van der Waals surface area contributed by atoms with Crippen LogP contribution < -0.4 is 0 Å². The molecule has 0 radical (unpaired) electrons. The van der Waals surface area contributed by atoms with Gasteiger partial charge in [-0.2, -0.15) is 9.90 Å². The summed E-state index contributed by atoms with van der Waals surface area (Å²) in [4.78, 5) is 0. The monoisotopic (exact) mass is 620 g/mol. The van der Waals surface area contributed by atoms with Gasteiger partial charge in [0.2, 0.25) is 7.37 Å². The van der Waals surface area contributed by atoms with Crippen LogP contribution in [-0.4, -0.2) is 84.4 Å². The molecule has 0 aromatic carbocycles. The van der Waals surface area contributed by atoms with Gasteiger partial charge in [0, 0.05) is 37.5 Å². The molecule has 2 fully saturated rings. The number of hydrogen-bond donors (Lipinski definition) is 1. The fourth-order valence-electron chi connectivity index (χ4n) is 2.79. The maximum Gasteiger partial charge on any atom is 0.327 e. The minimum atomic E-state index is -3.03. The van der Waals surface area contributed by atoms with Crippen molar-refractivity contribution < 1.29 is 55.0 Å². The second kappa shape index (κ2) is 15.1. The van der Waals surface area contributed by atoms with E-state index in [0.717, 1.165) is 6.42 Å². The van der Waals surface area contributed by atoms with Gasteiger partial charge in [0.25, 0.3) is 0 Å². The predicted octanol–water partition coefficient (Wildman–Crippen LogP) is 5.31. The van der Waals surface area contributed by atoms with Crippen LogP contribution in [0.1, 0.15) is 33.6 Å². The van der Waals surface area contributed by atoms with Crippen LogP contribution in [0.4, 0.5) is 0 Å². The molecule has 0 amide bonds. The van der Waals surface area contributed by atoms with Crippen LogP contribution in [-0.2, 0) is 49.9 Å². The quantitative estimate of drug-likeness (QED) is 0.298. The summed E-state index contributed by atoms with van der Waals surface area (Å²) in [6.07, 6.45) is 0.929. The van der Waals surface area contributed by atoms with Crippen LogP contribution in [0.2, 0.25) is 0 Å². The third-order valence-electron chi connectivity index (χ3n) is 5.79. The maximum absolute atomic E-state index is 11.9. The minimum Gasteiger partial charge on any atom is -0.386 e. The molecular weight excluding hydrogens is 575 g/mol. The SMILES string of the molecule is CCC1(COP(C)(=O)CO)COP(C)(=O)OC1.CCOP(C)(=O)OCC1(CC)COP(C)(=O)OC1.P.